The van der Waals surface area contributed by atoms with Crippen LogP contribution in [0.1, 0.15) is 47.1 Å². The number of hydrogen-bond acceptors (Lipinski definition) is 8. The molecule has 0 aliphatic carbocycles. The first-order chi connectivity index (χ1) is 23.2. The molecule has 1 fully saturated rings. The van der Waals surface area contributed by atoms with Crippen molar-refractivity contribution >= 4 is 33.4 Å². The molecule has 1 saturated heterocycles. The molecule has 4 aromatic rings. The van der Waals surface area contributed by atoms with Gasteiger partial charge in [0.1, 0.15) is 6.04 Å². The van der Waals surface area contributed by atoms with Gasteiger partial charge in [-0.15, -0.1) is 0 Å². The molecule has 0 aromatic heterocycles. The average Bonchev–Trinajstić information content (AvgIpc) is 3.09. The molecule has 11 heteroatoms. The average molecular weight is 691 g/mol. The van der Waals surface area contributed by atoms with Gasteiger partial charge in [0.15, 0.2) is 6.29 Å². The van der Waals surface area contributed by atoms with E-state index in [2.05, 4.69) is 17.0 Å². The van der Waals surface area contributed by atoms with Crippen molar-refractivity contribution in [2.24, 2.45) is 5.92 Å². The van der Waals surface area contributed by atoms with Crippen molar-refractivity contribution in [3.8, 4) is 0 Å². The maximum atomic E-state index is 13.8. The second kappa shape index (κ2) is 16.7. The largest absolute Gasteiger partial charge is 0.396 e. The Bertz CT molecular complexity index is 1740. The Morgan fingerprint density at radius 2 is 1.60 bits per heavy atom. The normalized spacial score (nSPS) is 20.2. The Kier molecular flexibility index (Phi) is 12.4. The van der Waals surface area contributed by atoms with Gasteiger partial charge in [0.25, 0.3) is 0 Å². The third-order valence-corrected chi connectivity index (χ3v) is 10.8. The highest BCUT2D eigenvalue weighted by atomic mass is 32.2. The van der Waals surface area contributed by atoms with Crippen molar-refractivity contribution in [1.82, 2.24) is 4.72 Å². The summed E-state index contributed by atoms with van der Waals surface area (Å²) in [4.78, 5) is 13.8. The van der Waals surface area contributed by atoms with Gasteiger partial charge in [-0.2, -0.15) is 16.5 Å². The number of aliphatic hydroxyl groups is 2. The van der Waals surface area contributed by atoms with E-state index < -0.39 is 28.3 Å². The number of thioether (sulfide) groups is 1. The van der Waals surface area contributed by atoms with Crippen LogP contribution in [0.4, 0.5) is 5.69 Å². The first kappa shape index (κ1) is 35.7. The van der Waals surface area contributed by atoms with Crippen LogP contribution in [0.5, 0.6) is 0 Å². The molecule has 5 rings (SSSR count). The van der Waals surface area contributed by atoms with E-state index in [1.807, 2.05) is 67.6 Å². The molecule has 48 heavy (non-hydrogen) atoms. The maximum absolute atomic E-state index is 13.8. The van der Waals surface area contributed by atoms with Gasteiger partial charge in [-0.1, -0.05) is 91.3 Å². The van der Waals surface area contributed by atoms with E-state index >= 15 is 0 Å². The van der Waals surface area contributed by atoms with E-state index in [0.29, 0.717) is 22.8 Å². The number of carbonyl (C=O) groups excluding carboxylic acids is 1. The summed E-state index contributed by atoms with van der Waals surface area (Å²) in [6.45, 7) is 3.98. The minimum Gasteiger partial charge on any atom is -0.396 e. The molecule has 0 unspecified atom stereocenters. The van der Waals surface area contributed by atoms with Gasteiger partial charge < -0.3 is 25.0 Å². The van der Waals surface area contributed by atoms with Gasteiger partial charge in [-0.3, -0.25) is 4.79 Å². The highest BCUT2D eigenvalue weighted by Crippen LogP contribution is 2.42. The molecule has 1 aliphatic heterocycles. The maximum Gasteiger partial charge on any atom is 0.242 e. The Labute approximate surface area is 286 Å². The predicted octanol–water partition coefficient (Wildman–Crippen LogP) is 5.53. The van der Waals surface area contributed by atoms with Crippen LogP contribution in [0, 0.1) is 12.8 Å². The number of amides is 1. The van der Waals surface area contributed by atoms with E-state index in [0.717, 1.165) is 22.3 Å². The summed E-state index contributed by atoms with van der Waals surface area (Å²) in [6.07, 6.45) is -1.09. The molecule has 254 valence electrons. The molecule has 4 aromatic carbocycles. The first-order valence-corrected chi connectivity index (χ1v) is 18.5. The van der Waals surface area contributed by atoms with Gasteiger partial charge in [0, 0.05) is 28.7 Å². The zero-order chi connectivity index (χ0) is 34.1. The minimum absolute atomic E-state index is 0.00407. The summed E-state index contributed by atoms with van der Waals surface area (Å²) in [5, 5.41) is 21.8. The lowest BCUT2D eigenvalue weighted by Crippen LogP contribution is -2.45. The molecule has 9 nitrogen and oxygen atoms in total. The number of ether oxygens (including phenoxy) is 2. The quantitative estimate of drug-likeness (QED) is 0.127. The number of anilines is 1. The lowest BCUT2D eigenvalue weighted by Gasteiger charge is -2.41. The van der Waals surface area contributed by atoms with Crippen molar-refractivity contribution in [1.29, 1.82) is 0 Å². The Morgan fingerprint density at radius 1 is 0.875 bits per heavy atom. The van der Waals surface area contributed by atoms with Crippen LogP contribution in [-0.2, 0) is 37.3 Å². The van der Waals surface area contributed by atoms with Gasteiger partial charge in [0.2, 0.25) is 15.9 Å². The van der Waals surface area contributed by atoms with E-state index in [4.69, 9.17) is 9.47 Å². The summed E-state index contributed by atoms with van der Waals surface area (Å²) in [5.74, 6) is 0.736. The number of sulfonamides is 1. The third-order valence-electron chi connectivity index (χ3n) is 8.30. The monoisotopic (exact) mass is 690 g/mol. The van der Waals surface area contributed by atoms with E-state index in [9.17, 15) is 23.4 Å². The Balaban J connectivity index is 1.37. The topological polar surface area (TPSA) is 134 Å². The van der Waals surface area contributed by atoms with Crippen LogP contribution in [0.2, 0.25) is 0 Å². The number of nitrogens with one attached hydrogen (secondary N) is 2. The van der Waals surface area contributed by atoms with Crippen LogP contribution in [-0.4, -0.2) is 54.8 Å². The van der Waals surface area contributed by atoms with Gasteiger partial charge in [-0.05, 0) is 54.3 Å². The summed E-state index contributed by atoms with van der Waals surface area (Å²) in [6, 6.07) is 29.5. The fourth-order valence-corrected chi connectivity index (χ4v) is 7.68. The van der Waals surface area contributed by atoms with E-state index in [1.165, 1.54) is 12.1 Å². The Hall–Kier alpha value is -3.55. The minimum atomic E-state index is -4.00. The molecule has 1 aliphatic rings. The van der Waals surface area contributed by atoms with Crippen molar-refractivity contribution in [2.45, 2.75) is 56.3 Å². The van der Waals surface area contributed by atoms with Crippen molar-refractivity contribution < 1.29 is 32.9 Å². The number of hydrogen-bond donors (Lipinski definition) is 4. The fourth-order valence-electron chi connectivity index (χ4n) is 5.58. The van der Waals surface area contributed by atoms with Crippen molar-refractivity contribution in [2.75, 3.05) is 23.4 Å². The molecule has 4 N–H and O–H groups in total. The third kappa shape index (κ3) is 9.32. The smallest absolute Gasteiger partial charge is 0.242 e. The van der Waals surface area contributed by atoms with E-state index in [1.54, 1.807) is 42.1 Å². The zero-order valence-electron chi connectivity index (χ0n) is 27.0. The predicted molar refractivity (Wildman–Crippen MR) is 188 cm³/mol. The van der Waals surface area contributed by atoms with Crippen LogP contribution in [0.15, 0.2) is 108 Å². The molecule has 0 spiro atoms. The van der Waals surface area contributed by atoms with Crippen LogP contribution in [0.3, 0.4) is 0 Å². The van der Waals surface area contributed by atoms with Gasteiger partial charge in [0.05, 0.1) is 30.3 Å². The molecule has 1 heterocycles. The highest BCUT2D eigenvalue weighted by molar-refractivity contribution is 7.99. The number of benzene rings is 4. The lowest BCUT2D eigenvalue weighted by molar-refractivity contribution is -0.268. The highest BCUT2D eigenvalue weighted by Gasteiger charge is 2.38. The van der Waals surface area contributed by atoms with E-state index in [-0.39, 0.29) is 42.7 Å². The second-order valence-corrected chi connectivity index (χ2v) is 14.8. The number of aliphatic hydroxyl groups excluding tert-OH is 2. The summed E-state index contributed by atoms with van der Waals surface area (Å²) >= 11 is 1.61. The lowest BCUT2D eigenvalue weighted by atomic mass is 9.91. The summed E-state index contributed by atoms with van der Waals surface area (Å²) < 4.78 is 42.3. The standard InChI is InChI=1S/C37H42N2O7S2/c1-25-11-17-32(18-12-25)48(43,44)39-33(21-27-7-4-3-5-8-27)36(42)38-31-10-6-9-30(22-31)37-45-34(24-47-20-19-40)26(2)35(46-37)29-15-13-28(23-41)14-16-29/h3-18,22,26,33-35,37,39-41H,19-21,23-24H2,1-2H3,(H,38,42)/t26-,33-,34+,35+,37+/m1/s1. The fraction of sp³-hybridized carbons (Fsp3) is 0.324. The molecule has 0 saturated carbocycles. The number of rotatable bonds is 14. The summed E-state index contributed by atoms with van der Waals surface area (Å²) in [7, 11) is -4.00. The molecule has 5 atom stereocenters. The Morgan fingerprint density at radius 3 is 2.29 bits per heavy atom. The molecule has 0 bridgehead atoms. The first-order valence-electron chi connectivity index (χ1n) is 15.9. The molecular formula is C37H42N2O7S2. The van der Waals surface area contributed by atoms with Crippen LogP contribution in [0.25, 0.3) is 0 Å². The van der Waals surface area contributed by atoms with Crippen molar-refractivity contribution in [3.05, 3.63) is 131 Å². The molecule has 1 amide bonds. The number of aryl methyl sites for hydroxylation is 1. The van der Waals surface area contributed by atoms with Gasteiger partial charge >= 0.3 is 0 Å². The van der Waals surface area contributed by atoms with Crippen LogP contribution < -0.4 is 10.0 Å². The van der Waals surface area contributed by atoms with Crippen molar-refractivity contribution in [3.63, 3.8) is 0 Å². The van der Waals surface area contributed by atoms with Crippen LogP contribution >= 0.6 is 11.8 Å². The summed E-state index contributed by atoms with van der Waals surface area (Å²) in [5.41, 5.74) is 4.65. The molecular weight excluding hydrogens is 649 g/mol. The number of carbonyl (C=O) groups is 1. The zero-order valence-corrected chi connectivity index (χ0v) is 28.6. The SMILES string of the molecule is Cc1ccc(S(=O)(=O)N[C@H](Cc2ccccc2)C(=O)Nc2cccc([C@H]3O[C@@H](CSCCO)[C@@H](C)[C@@H](c4ccc(CO)cc4)O3)c2)cc1. The molecule has 0 radical (unpaired) electrons. The second-order valence-electron chi connectivity index (χ2n) is 11.9. The van der Waals surface area contributed by atoms with Gasteiger partial charge in [-0.25, -0.2) is 8.42 Å².